The zero-order valence-corrected chi connectivity index (χ0v) is 11.9. The van der Waals surface area contributed by atoms with Crippen LogP contribution in [0.4, 0.5) is 4.39 Å². The number of rotatable bonds is 9. The Morgan fingerprint density at radius 2 is 1.63 bits per heavy atom. The second-order valence-electron chi connectivity index (χ2n) is 4.48. The molecule has 0 saturated carbocycles. The van der Waals surface area contributed by atoms with Gasteiger partial charge in [0.2, 0.25) is 0 Å². The maximum absolute atomic E-state index is 13.9. The molecule has 0 atom stereocenters. The highest BCUT2D eigenvalue weighted by Gasteiger charge is 2.12. The van der Waals surface area contributed by atoms with Crippen LogP contribution in [-0.4, -0.2) is 19.8 Å². The van der Waals surface area contributed by atoms with Crippen molar-refractivity contribution in [2.75, 3.05) is 19.8 Å². The van der Waals surface area contributed by atoms with Gasteiger partial charge in [-0.25, -0.2) is 4.39 Å². The molecule has 0 radical (unpaired) electrons. The minimum absolute atomic E-state index is 0.247. The highest BCUT2D eigenvalue weighted by molar-refractivity contribution is 5.44. The Bertz CT molecular complexity index is 383. The predicted octanol–water partition coefficient (Wildman–Crippen LogP) is 3.29. The molecule has 1 aromatic carbocycles. The van der Waals surface area contributed by atoms with Crippen molar-refractivity contribution in [1.29, 1.82) is 0 Å². The standard InChI is InChI=1S/C15H24FNO2/c1-3-8-18-14-10-12(6-5-7-17)13(16)11-15(14)19-9-4-2/h10-11H,3-9,17H2,1-2H3. The van der Waals surface area contributed by atoms with Crippen LogP contribution in [-0.2, 0) is 6.42 Å². The first-order valence-corrected chi connectivity index (χ1v) is 7.01. The first-order chi connectivity index (χ1) is 9.22. The maximum Gasteiger partial charge on any atom is 0.164 e. The van der Waals surface area contributed by atoms with Crippen LogP contribution in [0.3, 0.4) is 0 Å². The summed E-state index contributed by atoms with van der Waals surface area (Å²) in [6.07, 6.45) is 3.17. The fourth-order valence-electron chi connectivity index (χ4n) is 1.71. The van der Waals surface area contributed by atoms with Gasteiger partial charge in [0.15, 0.2) is 11.5 Å². The molecule has 4 heteroatoms. The number of halogens is 1. The highest BCUT2D eigenvalue weighted by Crippen LogP contribution is 2.31. The van der Waals surface area contributed by atoms with E-state index in [4.69, 9.17) is 15.2 Å². The Balaban J connectivity index is 2.91. The number of aryl methyl sites for hydroxylation is 1. The average molecular weight is 269 g/mol. The topological polar surface area (TPSA) is 44.5 Å². The third-order valence-electron chi connectivity index (χ3n) is 2.69. The predicted molar refractivity (Wildman–Crippen MR) is 75.3 cm³/mol. The number of hydrogen-bond donors (Lipinski definition) is 1. The fraction of sp³-hybridized carbons (Fsp3) is 0.600. The number of hydrogen-bond acceptors (Lipinski definition) is 3. The second kappa shape index (κ2) is 8.75. The zero-order chi connectivity index (χ0) is 14.1. The van der Waals surface area contributed by atoms with Crippen molar-refractivity contribution < 1.29 is 13.9 Å². The normalized spacial score (nSPS) is 10.5. The van der Waals surface area contributed by atoms with E-state index in [0.29, 0.717) is 43.2 Å². The van der Waals surface area contributed by atoms with E-state index < -0.39 is 0 Å². The summed E-state index contributed by atoms with van der Waals surface area (Å²) in [5, 5.41) is 0. The molecule has 0 saturated heterocycles. The van der Waals surface area contributed by atoms with Gasteiger partial charge in [-0.3, -0.25) is 0 Å². The van der Waals surface area contributed by atoms with Crippen molar-refractivity contribution in [3.8, 4) is 11.5 Å². The van der Waals surface area contributed by atoms with Gasteiger partial charge in [-0.05, 0) is 43.9 Å². The van der Waals surface area contributed by atoms with Crippen LogP contribution in [0.1, 0.15) is 38.7 Å². The van der Waals surface area contributed by atoms with E-state index >= 15 is 0 Å². The molecule has 0 unspecified atom stereocenters. The Kier molecular flexibility index (Phi) is 7.26. The van der Waals surface area contributed by atoms with Crippen LogP contribution in [0.25, 0.3) is 0 Å². The minimum atomic E-state index is -0.247. The van der Waals surface area contributed by atoms with Gasteiger partial charge >= 0.3 is 0 Å². The second-order valence-corrected chi connectivity index (χ2v) is 4.48. The molecular weight excluding hydrogens is 245 g/mol. The van der Waals surface area contributed by atoms with E-state index in [2.05, 4.69) is 0 Å². The van der Waals surface area contributed by atoms with Crippen LogP contribution in [0.5, 0.6) is 11.5 Å². The van der Waals surface area contributed by atoms with Gasteiger partial charge in [0.1, 0.15) is 5.82 Å². The molecule has 0 aliphatic rings. The first kappa shape index (κ1) is 15.8. The quantitative estimate of drug-likeness (QED) is 0.748. The molecule has 19 heavy (non-hydrogen) atoms. The molecule has 0 amide bonds. The van der Waals surface area contributed by atoms with Gasteiger partial charge in [-0.15, -0.1) is 0 Å². The molecule has 1 rings (SSSR count). The SMILES string of the molecule is CCCOc1cc(F)c(CCCN)cc1OCCC. The van der Waals surface area contributed by atoms with E-state index in [1.54, 1.807) is 6.07 Å². The van der Waals surface area contributed by atoms with Crippen molar-refractivity contribution in [3.05, 3.63) is 23.5 Å². The van der Waals surface area contributed by atoms with Crippen molar-refractivity contribution in [1.82, 2.24) is 0 Å². The number of benzene rings is 1. The number of ether oxygens (including phenoxy) is 2. The largest absolute Gasteiger partial charge is 0.490 e. The van der Waals surface area contributed by atoms with Crippen LogP contribution in [0.15, 0.2) is 12.1 Å². The molecule has 0 fully saturated rings. The first-order valence-electron chi connectivity index (χ1n) is 7.01. The van der Waals surface area contributed by atoms with Crippen molar-refractivity contribution in [2.45, 2.75) is 39.5 Å². The van der Waals surface area contributed by atoms with Crippen molar-refractivity contribution in [3.63, 3.8) is 0 Å². The summed E-state index contributed by atoms with van der Waals surface area (Å²) in [4.78, 5) is 0. The molecule has 2 N–H and O–H groups in total. The highest BCUT2D eigenvalue weighted by atomic mass is 19.1. The molecule has 0 aliphatic carbocycles. The molecule has 0 aliphatic heterocycles. The summed E-state index contributed by atoms with van der Waals surface area (Å²) in [5.41, 5.74) is 6.10. The molecule has 108 valence electrons. The van der Waals surface area contributed by atoms with Crippen LogP contribution in [0, 0.1) is 5.82 Å². The Hall–Kier alpha value is -1.29. The third-order valence-corrected chi connectivity index (χ3v) is 2.69. The van der Waals surface area contributed by atoms with Gasteiger partial charge < -0.3 is 15.2 Å². The summed E-state index contributed by atoms with van der Waals surface area (Å²) in [6.45, 7) is 5.76. The Labute approximate surface area is 114 Å². The smallest absolute Gasteiger partial charge is 0.164 e. The van der Waals surface area contributed by atoms with E-state index in [0.717, 1.165) is 19.3 Å². The molecular formula is C15H24FNO2. The summed E-state index contributed by atoms with van der Waals surface area (Å²) in [6, 6.07) is 3.16. The number of nitrogens with two attached hydrogens (primary N) is 1. The van der Waals surface area contributed by atoms with E-state index in [9.17, 15) is 4.39 Å². The zero-order valence-electron chi connectivity index (χ0n) is 11.9. The van der Waals surface area contributed by atoms with Gasteiger partial charge in [-0.2, -0.15) is 0 Å². The minimum Gasteiger partial charge on any atom is -0.490 e. The lowest BCUT2D eigenvalue weighted by atomic mass is 10.1. The van der Waals surface area contributed by atoms with Crippen LogP contribution in [0.2, 0.25) is 0 Å². The lowest BCUT2D eigenvalue weighted by Crippen LogP contribution is -2.05. The Morgan fingerprint density at radius 3 is 2.16 bits per heavy atom. The summed E-state index contributed by atoms with van der Waals surface area (Å²) in [7, 11) is 0. The summed E-state index contributed by atoms with van der Waals surface area (Å²) in [5.74, 6) is 0.872. The molecule has 0 spiro atoms. The summed E-state index contributed by atoms with van der Waals surface area (Å²) < 4.78 is 25.1. The third kappa shape index (κ3) is 5.07. The summed E-state index contributed by atoms with van der Waals surface area (Å²) >= 11 is 0. The van der Waals surface area contributed by atoms with Crippen molar-refractivity contribution >= 4 is 0 Å². The van der Waals surface area contributed by atoms with Crippen LogP contribution >= 0.6 is 0 Å². The van der Waals surface area contributed by atoms with E-state index in [-0.39, 0.29) is 5.82 Å². The molecule has 0 aromatic heterocycles. The molecule has 3 nitrogen and oxygen atoms in total. The lowest BCUT2D eigenvalue weighted by molar-refractivity contribution is 0.266. The average Bonchev–Trinajstić information content (AvgIpc) is 2.42. The Morgan fingerprint density at radius 1 is 1.05 bits per heavy atom. The van der Waals surface area contributed by atoms with E-state index in [1.807, 2.05) is 13.8 Å². The van der Waals surface area contributed by atoms with Gasteiger partial charge in [0, 0.05) is 6.07 Å². The molecule has 0 heterocycles. The molecule has 1 aromatic rings. The fourth-order valence-corrected chi connectivity index (χ4v) is 1.71. The van der Waals surface area contributed by atoms with E-state index in [1.165, 1.54) is 6.07 Å². The lowest BCUT2D eigenvalue weighted by Gasteiger charge is -2.14. The van der Waals surface area contributed by atoms with Crippen LogP contribution < -0.4 is 15.2 Å². The van der Waals surface area contributed by atoms with Gasteiger partial charge in [-0.1, -0.05) is 13.8 Å². The van der Waals surface area contributed by atoms with Gasteiger partial charge in [0.25, 0.3) is 0 Å². The monoisotopic (exact) mass is 269 g/mol. The molecule has 0 bridgehead atoms. The van der Waals surface area contributed by atoms with Crippen molar-refractivity contribution in [2.24, 2.45) is 5.73 Å². The van der Waals surface area contributed by atoms with Gasteiger partial charge in [0.05, 0.1) is 13.2 Å². The maximum atomic E-state index is 13.9.